The van der Waals surface area contributed by atoms with Crippen molar-refractivity contribution in [3.63, 3.8) is 0 Å². The molecule has 1 aromatic heterocycles. The molecule has 2 aliphatic rings. The van der Waals surface area contributed by atoms with Crippen LogP contribution in [0.1, 0.15) is 69.4 Å². The van der Waals surface area contributed by atoms with Gasteiger partial charge in [0.25, 0.3) is 0 Å². The molecule has 118 valence electrons. The number of rotatable bonds is 3. The fraction of sp³-hybridized carbons (Fsp3) is 0.778. The molecule has 0 amide bonds. The van der Waals surface area contributed by atoms with Crippen molar-refractivity contribution in [3.05, 3.63) is 20.3 Å². The molecule has 21 heavy (non-hydrogen) atoms. The highest BCUT2D eigenvalue weighted by molar-refractivity contribution is 9.11. The molecule has 4 unspecified atom stereocenters. The zero-order valence-electron chi connectivity index (χ0n) is 13.5. The first-order chi connectivity index (χ1) is 10.0. The lowest BCUT2D eigenvalue weighted by Crippen LogP contribution is -2.44. The SMILES string of the molecule is CC1CCC(C(C)C)C(NC2CCCc3sc(Br)cc32)C1. The van der Waals surface area contributed by atoms with Gasteiger partial charge in [-0.15, -0.1) is 11.3 Å². The smallest absolute Gasteiger partial charge is 0.0704 e. The number of aryl methyl sites for hydroxylation is 1. The van der Waals surface area contributed by atoms with E-state index in [2.05, 4.69) is 48.1 Å². The summed E-state index contributed by atoms with van der Waals surface area (Å²) in [5, 5.41) is 4.08. The third-order valence-electron chi connectivity index (χ3n) is 5.52. The summed E-state index contributed by atoms with van der Waals surface area (Å²) >= 11 is 5.62. The fourth-order valence-electron chi connectivity index (χ4n) is 4.35. The predicted molar refractivity (Wildman–Crippen MR) is 96.0 cm³/mol. The molecule has 1 saturated carbocycles. The molecule has 1 nitrogen and oxygen atoms in total. The van der Waals surface area contributed by atoms with Crippen LogP contribution in [-0.4, -0.2) is 6.04 Å². The maximum Gasteiger partial charge on any atom is 0.0704 e. The molecular formula is C18H28BrNS. The van der Waals surface area contributed by atoms with Crippen LogP contribution in [0.25, 0.3) is 0 Å². The van der Waals surface area contributed by atoms with Gasteiger partial charge in [-0.25, -0.2) is 0 Å². The zero-order chi connectivity index (χ0) is 15.0. The summed E-state index contributed by atoms with van der Waals surface area (Å²) in [5.41, 5.74) is 1.58. The van der Waals surface area contributed by atoms with Crippen LogP contribution in [0.5, 0.6) is 0 Å². The van der Waals surface area contributed by atoms with E-state index in [4.69, 9.17) is 0 Å². The summed E-state index contributed by atoms with van der Waals surface area (Å²) in [4.78, 5) is 1.61. The van der Waals surface area contributed by atoms with Gasteiger partial charge >= 0.3 is 0 Å². The Bertz CT molecular complexity index is 482. The minimum atomic E-state index is 0.591. The summed E-state index contributed by atoms with van der Waals surface area (Å²) in [5.74, 6) is 2.54. The predicted octanol–water partition coefficient (Wildman–Crippen LogP) is 5.94. The first kappa shape index (κ1) is 16.0. The first-order valence-corrected chi connectivity index (χ1v) is 10.2. The van der Waals surface area contributed by atoms with Crippen molar-refractivity contribution in [2.24, 2.45) is 17.8 Å². The van der Waals surface area contributed by atoms with Crippen LogP contribution in [0.2, 0.25) is 0 Å². The number of fused-ring (bicyclic) bond motifs is 1. The normalized spacial score (nSPS) is 33.2. The van der Waals surface area contributed by atoms with E-state index in [-0.39, 0.29) is 0 Å². The Hall–Kier alpha value is 0.140. The van der Waals surface area contributed by atoms with Crippen molar-refractivity contribution in [1.29, 1.82) is 0 Å². The van der Waals surface area contributed by atoms with Gasteiger partial charge in [-0.1, -0.05) is 27.2 Å². The molecule has 0 radical (unpaired) electrons. The second-order valence-corrected chi connectivity index (χ2v) is 9.99. The molecule has 1 N–H and O–H groups in total. The number of hydrogen-bond donors (Lipinski definition) is 1. The van der Waals surface area contributed by atoms with Crippen molar-refractivity contribution in [2.45, 2.75) is 71.4 Å². The van der Waals surface area contributed by atoms with E-state index >= 15 is 0 Å². The highest BCUT2D eigenvalue weighted by atomic mass is 79.9. The van der Waals surface area contributed by atoms with Crippen LogP contribution >= 0.6 is 27.3 Å². The molecule has 1 fully saturated rings. The van der Waals surface area contributed by atoms with E-state index in [9.17, 15) is 0 Å². The van der Waals surface area contributed by atoms with Crippen molar-refractivity contribution < 1.29 is 0 Å². The second-order valence-electron chi connectivity index (χ2n) is 7.47. The minimum absolute atomic E-state index is 0.591. The van der Waals surface area contributed by atoms with Crippen molar-refractivity contribution in [2.75, 3.05) is 0 Å². The van der Waals surface area contributed by atoms with Crippen molar-refractivity contribution in [3.8, 4) is 0 Å². The molecule has 2 aliphatic carbocycles. The van der Waals surface area contributed by atoms with Gasteiger partial charge < -0.3 is 5.32 Å². The molecule has 0 aliphatic heterocycles. The van der Waals surface area contributed by atoms with Crippen LogP contribution < -0.4 is 5.32 Å². The maximum atomic E-state index is 4.08. The van der Waals surface area contributed by atoms with Gasteiger partial charge in [0, 0.05) is 17.0 Å². The van der Waals surface area contributed by atoms with Gasteiger partial charge in [-0.3, -0.25) is 0 Å². The molecule has 3 heteroatoms. The highest BCUT2D eigenvalue weighted by Gasteiger charge is 2.33. The average molecular weight is 370 g/mol. The van der Waals surface area contributed by atoms with E-state index in [1.807, 2.05) is 11.3 Å². The number of halogens is 1. The Balaban J connectivity index is 1.75. The van der Waals surface area contributed by atoms with Crippen molar-refractivity contribution in [1.82, 2.24) is 5.32 Å². The molecule has 0 aromatic carbocycles. The molecule has 0 saturated heterocycles. The van der Waals surface area contributed by atoms with Gasteiger partial charge in [-0.05, 0) is 77.4 Å². The monoisotopic (exact) mass is 369 g/mol. The van der Waals surface area contributed by atoms with E-state index in [0.717, 1.165) is 17.8 Å². The highest BCUT2D eigenvalue weighted by Crippen LogP contribution is 2.40. The molecule has 0 spiro atoms. The van der Waals surface area contributed by atoms with E-state index in [0.29, 0.717) is 12.1 Å². The summed E-state index contributed by atoms with van der Waals surface area (Å²) in [6.45, 7) is 7.24. The van der Waals surface area contributed by atoms with E-state index < -0.39 is 0 Å². The third-order valence-corrected chi connectivity index (χ3v) is 7.23. The minimum Gasteiger partial charge on any atom is -0.307 e. The fourth-order valence-corrected chi connectivity index (χ4v) is 6.17. The van der Waals surface area contributed by atoms with Gasteiger partial charge in [0.05, 0.1) is 3.79 Å². The van der Waals surface area contributed by atoms with Crippen LogP contribution in [-0.2, 0) is 6.42 Å². The molecule has 1 heterocycles. The maximum absolute atomic E-state index is 4.08. The summed E-state index contributed by atoms with van der Waals surface area (Å²) in [6, 6.07) is 3.67. The Kier molecular flexibility index (Phi) is 5.12. The molecule has 1 aromatic rings. The molecule has 0 bridgehead atoms. The Morgan fingerprint density at radius 3 is 2.86 bits per heavy atom. The Morgan fingerprint density at radius 2 is 2.10 bits per heavy atom. The second kappa shape index (κ2) is 6.72. The summed E-state index contributed by atoms with van der Waals surface area (Å²) in [6.07, 6.45) is 8.11. The lowest BCUT2D eigenvalue weighted by atomic mass is 9.73. The number of hydrogen-bond acceptors (Lipinski definition) is 2. The Morgan fingerprint density at radius 1 is 1.29 bits per heavy atom. The van der Waals surface area contributed by atoms with Gasteiger partial charge in [0.1, 0.15) is 0 Å². The lowest BCUT2D eigenvalue weighted by molar-refractivity contribution is 0.155. The standard InChI is InChI=1S/C18H28BrNS/c1-11(2)13-8-7-12(3)9-16(13)20-15-5-4-6-17-14(15)10-18(19)21-17/h10-13,15-16,20H,4-9H2,1-3H3. The molecule has 3 rings (SSSR count). The lowest BCUT2D eigenvalue weighted by Gasteiger charge is -2.40. The van der Waals surface area contributed by atoms with Crippen molar-refractivity contribution >= 4 is 27.3 Å². The quantitative estimate of drug-likeness (QED) is 0.694. The Labute approximate surface area is 142 Å². The third kappa shape index (κ3) is 3.56. The van der Waals surface area contributed by atoms with Crippen LogP contribution in [0.15, 0.2) is 9.85 Å². The number of thiophene rings is 1. The van der Waals surface area contributed by atoms with Gasteiger partial charge in [0.15, 0.2) is 0 Å². The van der Waals surface area contributed by atoms with Crippen LogP contribution in [0, 0.1) is 17.8 Å². The molecule has 4 atom stereocenters. The molecular weight excluding hydrogens is 342 g/mol. The van der Waals surface area contributed by atoms with E-state index in [1.165, 1.54) is 42.3 Å². The zero-order valence-corrected chi connectivity index (χ0v) is 15.9. The first-order valence-electron chi connectivity index (χ1n) is 8.58. The van der Waals surface area contributed by atoms with Gasteiger partial charge in [0.2, 0.25) is 0 Å². The largest absolute Gasteiger partial charge is 0.307 e. The van der Waals surface area contributed by atoms with Gasteiger partial charge in [-0.2, -0.15) is 0 Å². The average Bonchev–Trinajstić information content (AvgIpc) is 2.80. The van der Waals surface area contributed by atoms with E-state index in [1.54, 1.807) is 10.4 Å². The summed E-state index contributed by atoms with van der Waals surface area (Å²) in [7, 11) is 0. The number of nitrogens with one attached hydrogen (secondary N) is 1. The topological polar surface area (TPSA) is 12.0 Å². The summed E-state index contributed by atoms with van der Waals surface area (Å²) < 4.78 is 1.30. The van der Waals surface area contributed by atoms with Crippen LogP contribution in [0.3, 0.4) is 0 Å². The van der Waals surface area contributed by atoms with Crippen LogP contribution in [0.4, 0.5) is 0 Å².